The predicted octanol–water partition coefficient (Wildman–Crippen LogP) is 3.79. The number of methoxy groups -OCH3 is 2. The van der Waals surface area contributed by atoms with E-state index in [4.69, 9.17) is 18.9 Å². The zero-order valence-corrected chi connectivity index (χ0v) is 20.3. The second-order valence-corrected chi connectivity index (χ2v) is 9.25. The Kier molecular flexibility index (Phi) is 6.45. The Hall–Kier alpha value is -3.79. The van der Waals surface area contributed by atoms with Crippen LogP contribution in [0.4, 0.5) is 5.95 Å². The number of benzene rings is 1. The van der Waals surface area contributed by atoms with Crippen molar-refractivity contribution in [3.8, 4) is 22.6 Å². The Morgan fingerprint density at radius 3 is 2.91 bits per heavy atom. The number of carbonyl (C=O) groups is 1. The smallest absolute Gasteiger partial charge is 0.270 e. The average molecular weight is 495 g/mol. The number of furan rings is 1. The molecular formula is C25H26N4O5S. The molecule has 182 valence electrons. The normalized spacial score (nSPS) is 15.8. The fourth-order valence-corrected chi connectivity index (χ4v) is 5.30. The highest BCUT2D eigenvalue weighted by Gasteiger charge is 2.28. The van der Waals surface area contributed by atoms with Crippen molar-refractivity contribution in [1.82, 2.24) is 15.3 Å². The van der Waals surface area contributed by atoms with E-state index in [2.05, 4.69) is 10.3 Å². The van der Waals surface area contributed by atoms with Crippen LogP contribution in [0.5, 0.6) is 11.5 Å². The lowest BCUT2D eigenvalue weighted by Crippen LogP contribution is -2.43. The van der Waals surface area contributed by atoms with E-state index >= 15 is 0 Å². The fraction of sp³-hybridized carbons (Fsp3) is 0.320. The molecule has 4 aromatic rings. The van der Waals surface area contributed by atoms with Crippen LogP contribution in [0.3, 0.4) is 0 Å². The van der Waals surface area contributed by atoms with Crippen LogP contribution in [0, 0.1) is 5.92 Å². The maximum absolute atomic E-state index is 12.9. The third kappa shape index (κ3) is 4.61. The maximum atomic E-state index is 12.9. The number of H-pyrrole nitrogens is 1. The minimum absolute atomic E-state index is 0.0314. The topological polar surface area (TPSA) is 110 Å². The maximum Gasteiger partial charge on any atom is 0.270 e. The molecule has 3 aromatic heterocycles. The summed E-state index contributed by atoms with van der Waals surface area (Å²) in [5.74, 6) is 2.19. The number of anilines is 1. The summed E-state index contributed by atoms with van der Waals surface area (Å²) in [7, 11) is 3.18. The molecule has 4 heterocycles. The van der Waals surface area contributed by atoms with Gasteiger partial charge in [0.25, 0.3) is 5.56 Å². The molecular weight excluding hydrogens is 468 g/mol. The van der Waals surface area contributed by atoms with Gasteiger partial charge in [0.05, 0.1) is 38.5 Å². The van der Waals surface area contributed by atoms with E-state index in [1.807, 2.05) is 34.5 Å². The third-order valence-corrected chi connectivity index (χ3v) is 7.19. The number of thiophene rings is 1. The van der Waals surface area contributed by atoms with Crippen LogP contribution in [0.1, 0.15) is 18.6 Å². The predicted molar refractivity (Wildman–Crippen MR) is 134 cm³/mol. The number of rotatable bonds is 7. The number of amides is 1. The van der Waals surface area contributed by atoms with Gasteiger partial charge in [0.1, 0.15) is 10.5 Å². The van der Waals surface area contributed by atoms with Crippen molar-refractivity contribution < 1.29 is 18.7 Å². The molecule has 5 rings (SSSR count). The second-order valence-electron chi connectivity index (χ2n) is 8.37. The summed E-state index contributed by atoms with van der Waals surface area (Å²) in [5, 5.41) is 4.87. The number of fused-ring (bicyclic) bond motifs is 1. The van der Waals surface area contributed by atoms with E-state index in [1.54, 1.807) is 26.5 Å². The molecule has 0 spiro atoms. The van der Waals surface area contributed by atoms with Crippen molar-refractivity contribution in [2.45, 2.75) is 19.4 Å². The van der Waals surface area contributed by atoms with E-state index in [-0.39, 0.29) is 17.4 Å². The molecule has 1 amide bonds. The van der Waals surface area contributed by atoms with Gasteiger partial charge < -0.3 is 24.1 Å². The first kappa shape index (κ1) is 23.0. The third-order valence-electron chi connectivity index (χ3n) is 6.22. The van der Waals surface area contributed by atoms with Crippen LogP contribution < -0.4 is 25.2 Å². The summed E-state index contributed by atoms with van der Waals surface area (Å²) in [6, 6.07) is 9.26. The van der Waals surface area contributed by atoms with Gasteiger partial charge in [-0.15, -0.1) is 11.3 Å². The number of hydrogen-bond donors (Lipinski definition) is 2. The zero-order chi connectivity index (χ0) is 24.4. The van der Waals surface area contributed by atoms with Crippen molar-refractivity contribution in [2.24, 2.45) is 5.92 Å². The van der Waals surface area contributed by atoms with Crippen LogP contribution in [-0.4, -0.2) is 43.2 Å². The first-order chi connectivity index (χ1) is 17.1. The molecule has 1 aliphatic heterocycles. The number of nitrogens with zero attached hydrogens (tertiary/aromatic N) is 2. The lowest BCUT2D eigenvalue weighted by Gasteiger charge is -2.32. The van der Waals surface area contributed by atoms with Crippen LogP contribution in [-0.2, 0) is 11.3 Å². The van der Waals surface area contributed by atoms with Gasteiger partial charge in [-0.05, 0) is 42.7 Å². The first-order valence-electron chi connectivity index (χ1n) is 11.4. The number of hydrogen-bond acceptors (Lipinski definition) is 8. The number of piperidine rings is 1. The van der Waals surface area contributed by atoms with Crippen molar-refractivity contribution in [1.29, 1.82) is 0 Å². The summed E-state index contributed by atoms with van der Waals surface area (Å²) < 4.78 is 16.6. The number of carbonyl (C=O) groups excluding carboxylic acids is 1. The highest BCUT2D eigenvalue weighted by molar-refractivity contribution is 7.17. The van der Waals surface area contributed by atoms with E-state index in [0.717, 1.165) is 24.0 Å². The molecule has 1 aromatic carbocycles. The van der Waals surface area contributed by atoms with Gasteiger partial charge in [0, 0.05) is 24.0 Å². The molecule has 0 saturated carbocycles. The van der Waals surface area contributed by atoms with Crippen molar-refractivity contribution in [3.63, 3.8) is 0 Å². The Labute approximate surface area is 205 Å². The molecule has 9 nitrogen and oxygen atoms in total. The summed E-state index contributed by atoms with van der Waals surface area (Å²) in [5.41, 5.74) is 2.17. The van der Waals surface area contributed by atoms with Crippen molar-refractivity contribution in [2.75, 3.05) is 32.2 Å². The molecule has 1 saturated heterocycles. The van der Waals surface area contributed by atoms with E-state index in [0.29, 0.717) is 53.1 Å². The fourth-order valence-electron chi connectivity index (χ4n) is 4.39. The number of nitrogens with one attached hydrogen (secondary N) is 2. The summed E-state index contributed by atoms with van der Waals surface area (Å²) >= 11 is 1.36. The van der Waals surface area contributed by atoms with Gasteiger partial charge in [-0.25, -0.2) is 4.98 Å². The van der Waals surface area contributed by atoms with E-state index < -0.39 is 0 Å². The number of aromatic nitrogens is 2. The summed E-state index contributed by atoms with van der Waals surface area (Å²) in [6.45, 7) is 1.55. The molecule has 10 heteroatoms. The van der Waals surface area contributed by atoms with Crippen LogP contribution in [0.2, 0.25) is 0 Å². The Bertz CT molecular complexity index is 1390. The molecule has 1 aliphatic rings. The standard InChI is InChI=1S/C25H26N4O5S/c1-32-19-8-7-15(11-20(19)33-2)18-14-35-22-21(18)27-25(28-24(22)31)29-9-3-5-16(13-29)23(30)26-12-17-6-4-10-34-17/h4,6-8,10-11,14,16H,3,5,9,12-13H2,1-2H3,(H,26,30)(H,27,28,31). The van der Waals surface area contributed by atoms with Crippen molar-refractivity contribution in [3.05, 3.63) is 58.1 Å². The minimum atomic E-state index is -0.201. The number of aromatic amines is 1. The van der Waals surface area contributed by atoms with E-state index in [1.165, 1.54) is 11.3 Å². The summed E-state index contributed by atoms with van der Waals surface area (Å²) in [6.07, 6.45) is 3.19. The largest absolute Gasteiger partial charge is 0.493 e. The Morgan fingerprint density at radius 2 is 2.14 bits per heavy atom. The molecule has 0 aliphatic carbocycles. The lowest BCUT2D eigenvalue weighted by atomic mass is 9.97. The first-order valence-corrected chi connectivity index (χ1v) is 12.2. The minimum Gasteiger partial charge on any atom is -0.493 e. The summed E-state index contributed by atoms with van der Waals surface area (Å²) in [4.78, 5) is 35.4. The highest BCUT2D eigenvalue weighted by Crippen LogP contribution is 2.37. The SMILES string of the molecule is COc1ccc(-c2csc3c(=O)[nH]c(N4CCCC(C(=O)NCc5ccco5)C4)nc23)cc1OC. The molecule has 1 atom stereocenters. The monoisotopic (exact) mass is 494 g/mol. The van der Waals surface area contributed by atoms with Gasteiger partial charge in [-0.2, -0.15) is 0 Å². The Balaban J connectivity index is 1.41. The molecule has 0 radical (unpaired) electrons. The van der Waals surface area contributed by atoms with Gasteiger partial charge in [-0.1, -0.05) is 6.07 Å². The quantitative estimate of drug-likeness (QED) is 0.402. The second kappa shape index (κ2) is 9.83. The van der Waals surface area contributed by atoms with Crippen molar-refractivity contribution >= 4 is 33.4 Å². The number of ether oxygens (including phenoxy) is 2. The van der Waals surface area contributed by atoms with Gasteiger partial charge >= 0.3 is 0 Å². The van der Waals surface area contributed by atoms with Crippen LogP contribution in [0.25, 0.3) is 21.3 Å². The van der Waals surface area contributed by atoms with Gasteiger partial charge in [-0.3, -0.25) is 14.6 Å². The molecule has 1 fully saturated rings. The van der Waals surface area contributed by atoms with Crippen LogP contribution in [0.15, 0.2) is 51.2 Å². The Morgan fingerprint density at radius 1 is 1.29 bits per heavy atom. The zero-order valence-electron chi connectivity index (χ0n) is 19.5. The average Bonchev–Trinajstić information content (AvgIpc) is 3.57. The molecule has 35 heavy (non-hydrogen) atoms. The van der Waals surface area contributed by atoms with Gasteiger partial charge in [0.15, 0.2) is 11.5 Å². The lowest BCUT2D eigenvalue weighted by molar-refractivity contribution is -0.125. The highest BCUT2D eigenvalue weighted by atomic mass is 32.1. The molecule has 0 bridgehead atoms. The van der Waals surface area contributed by atoms with Gasteiger partial charge in [0.2, 0.25) is 11.9 Å². The van der Waals surface area contributed by atoms with E-state index in [9.17, 15) is 9.59 Å². The van der Waals surface area contributed by atoms with Crippen LogP contribution >= 0.6 is 11.3 Å². The molecule has 2 N–H and O–H groups in total. The molecule has 1 unspecified atom stereocenters.